The number of fused-ring (bicyclic) bond motifs is 1. The lowest BCUT2D eigenvalue weighted by atomic mass is 9.89. The Labute approximate surface area is 150 Å². The van der Waals surface area contributed by atoms with E-state index >= 15 is 0 Å². The van der Waals surface area contributed by atoms with Crippen LogP contribution in [0.25, 0.3) is 22.3 Å². The highest BCUT2D eigenvalue weighted by Gasteiger charge is 2.19. The molecular weight excluding hydrogens is 306 g/mol. The van der Waals surface area contributed by atoms with Crippen LogP contribution in [-0.4, -0.2) is 14.5 Å². The third-order valence-corrected chi connectivity index (χ3v) is 5.48. The van der Waals surface area contributed by atoms with Crippen LogP contribution in [0.4, 0.5) is 0 Å². The third kappa shape index (κ3) is 3.20. The second-order valence-corrected chi connectivity index (χ2v) is 7.65. The Morgan fingerprint density at radius 3 is 2.60 bits per heavy atom. The molecule has 0 bridgehead atoms. The molecule has 0 unspecified atom stereocenters. The minimum absolute atomic E-state index is 0.787. The fourth-order valence-corrected chi connectivity index (χ4v) is 4.26. The van der Waals surface area contributed by atoms with Gasteiger partial charge >= 0.3 is 0 Å². The molecule has 2 heterocycles. The van der Waals surface area contributed by atoms with Crippen molar-refractivity contribution in [2.24, 2.45) is 5.92 Å². The normalized spacial score (nSPS) is 15.8. The van der Waals surface area contributed by atoms with Crippen molar-refractivity contribution in [3.8, 4) is 11.3 Å². The maximum atomic E-state index is 4.85. The number of rotatable bonds is 3. The van der Waals surface area contributed by atoms with Gasteiger partial charge < -0.3 is 4.57 Å². The Hall–Kier alpha value is -2.16. The Morgan fingerprint density at radius 1 is 1.04 bits per heavy atom. The molecule has 1 aliphatic rings. The monoisotopic (exact) mass is 333 g/mol. The molecule has 2 aromatic heterocycles. The molecule has 0 N–H and O–H groups in total. The zero-order valence-electron chi connectivity index (χ0n) is 15.5. The Morgan fingerprint density at radius 2 is 1.84 bits per heavy atom. The number of hydrogen-bond acceptors (Lipinski definition) is 2. The quantitative estimate of drug-likeness (QED) is 0.624. The van der Waals surface area contributed by atoms with Gasteiger partial charge in [-0.15, -0.1) is 0 Å². The van der Waals surface area contributed by atoms with E-state index in [0.717, 1.165) is 29.5 Å². The average molecular weight is 333 g/mol. The predicted octanol–water partition coefficient (Wildman–Crippen LogP) is 5.60. The van der Waals surface area contributed by atoms with Crippen LogP contribution in [0.2, 0.25) is 0 Å². The van der Waals surface area contributed by atoms with Gasteiger partial charge in [0.25, 0.3) is 0 Å². The molecule has 3 heteroatoms. The SMILES string of the molecule is Cc1cccc(-c2nc(C)nc3c(C)cn(CC4CCCCC4)c23)c1. The Bertz CT molecular complexity index is 901. The van der Waals surface area contributed by atoms with E-state index in [1.165, 1.54) is 54.3 Å². The summed E-state index contributed by atoms with van der Waals surface area (Å²) in [6.45, 7) is 7.40. The summed E-state index contributed by atoms with van der Waals surface area (Å²) in [6, 6.07) is 8.66. The number of nitrogens with zero attached hydrogens (tertiary/aromatic N) is 3. The first-order chi connectivity index (χ1) is 12.1. The summed E-state index contributed by atoms with van der Waals surface area (Å²) in [4.78, 5) is 9.61. The van der Waals surface area contributed by atoms with E-state index in [1.807, 2.05) is 6.92 Å². The fraction of sp³-hybridized carbons (Fsp3) is 0.455. The van der Waals surface area contributed by atoms with Crippen LogP contribution >= 0.6 is 0 Å². The molecule has 1 aromatic carbocycles. The van der Waals surface area contributed by atoms with Crippen molar-refractivity contribution in [2.45, 2.75) is 59.4 Å². The zero-order chi connectivity index (χ0) is 17.4. The van der Waals surface area contributed by atoms with Crippen molar-refractivity contribution < 1.29 is 0 Å². The lowest BCUT2D eigenvalue weighted by Gasteiger charge is -2.22. The van der Waals surface area contributed by atoms with Crippen molar-refractivity contribution in [3.63, 3.8) is 0 Å². The molecule has 0 atom stereocenters. The number of hydrogen-bond donors (Lipinski definition) is 0. The van der Waals surface area contributed by atoms with E-state index in [0.29, 0.717) is 0 Å². The molecule has 1 saturated carbocycles. The lowest BCUT2D eigenvalue weighted by molar-refractivity contribution is 0.322. The molecule has 0 radical (unpaired) electrons. The second-order valence-electron chi connectivity index (χ2n) is 7.65. The highest BCUT2D eigenvalue weighted by Crippen LogP contribution is 2.32. The van der Waals surface area contributed by atoms with Gasteiger partial charge in [-0.3, -0.25) is 0 Å². The first-order valence-corrected chi connectivity index (χ1v) is 9.53. The minimum Gasteiger partial charge on any atom is -0.344 e. The second kappa shape index (κ2) is 6.62. The first-order valence-electron chi connectivity index (χ1n) is 9.53. The van der Waals surface area contributed by atoms with Crippen LogP contribution in [0.15, 0.2) is 30.5 Å². The molecule has 1 fully saturated rings. The van der Waals surface area contributed by atoms with Crippen molar-refractivity contribution in [1.82, 2.24) is 14.5 Å². The number of aryl methyl sites for hydroxylation is 3. The summed E-state index contributed by atoms with van der Waals surface area (Å²) in [5.74, 6) is 1.64. The van der Waals surface area contributed by atoms with Gasteiger partial charge in [0.1, 0.15) is 5.82 Å². The molecule has 1 aliphatic carbocycles. The highest BCUT2D eigenvalue weighted by atomic mass is 15.0. The van der Waals surface area contributed by atoms with Crippen LogP contribution in [0, 0.1) is 26.7 Å². The van der Waals surface area contributed by atoms with Gasteiger partial charge in [0.15, 0.2) is 0 Å². The summed E-state index contributed by atoms with van der Waals surface area (Å²) in [7, 11) is 0. The van der Waals surface area contributed by atoms with Crippen LogP contribution < -0.4 is 0 Å². The van der Waals surface area contributed by atoms with E-state index < -0.39 is 0 Å². The van der Waals surface area contributed by atoms with E-state index in [9.17, 15) is 0 Å². The van der Waals surface area contributed by atoms with Gasteiger partial charge in [-0.2, -0.15) is 0 Å². The topological polar surface area (TPSA) is 30.7 Å². The van der Waals surface area contributed by atoms with E-state index in [-0.39, 0.29) is 0 Å². The number of benzene rings is 1. The maximum Gasteiger partial charge on any atom is 0.126 e. The summed E-state index contributed by atoms with van der Waals surface area (Å²) < 4.78 is 2.43. The molecular formula is C22H27N3. The van der Waals surface area contributed by atoms with Gasteiger partial charge in [0.2, 0.25) is 0 Å². The van der Waals surface area contributed by atoms with Crippen LogP contribution in [0.1, 0.15) is 49.1 Å². The van der Waals surface area contributed by atoms with Crippen LogP contribution in [0.5, 0.6) is 0 Å². The van der Waals surface area contributed by atoms with Gasteiger partial charge in [-0.25, -0.2) is 9.97 Å². The van der Waals surface area contributed by atoms with Crippen molar-refractivity contribution in [2.75, 3.05) is 0 Å². The molecule has 3 aromatic rings. The lowest BCUT2D eigenvalue weighted by Crippen LogP contribution is -2.14. The van der Waals surface area contributed by atoms with E-state index in [2.05, 4.69) is 48.9 Å². The van der Waals surface area contributed by atoms with E-state index in [1.54, 1.807) is 0 Å². The molecule has 0 saturated heterocycles. The number of aromatic nitrogens is 3. The van der Waals surface area contributed by atoms with Gasteiger partial charge in [-0.1, -0.05) is 43.0 Å². The largest absolute Gasteiger partial charge is 0.344 e. The molecule has 4 rings (SSSR count). The van der Waals surface area contributed by atoms with Gasteiger partial charge in [-0.05, 0) is 51.2 Å². The highest BCUT2D eigenvalue weighted by molar-refractivity contribution is 5.92. The van der Waals surface area contributed by atoms with Crippen LogP contribution in [0.3, 0.4) is 0 Å². The molecule has 0 amide bonds. The zero-order valence-corrected chi connectivity index (χ0v) is 15.5. The predicted molar refractivity (Wildman–Crippen MR) is 104 cm³/mol. The standard InChI is InChI=1S/C22H27N3/c1-15-8-7-11-19(12-15)21-22-20(23-17(3)24-21)16(2)13-25(22)14-18-9-5-4-6-10-18/h7-8,11-13,18H,4-6,9-10,14H2,1-3H3. The average Bonchev–Trinajstić information content (AvgIpc) is 2.91. The summed E-state index contributed by atoms with van der Waals surface area (Å²) >= 11 is 0. The minimum atomic E-state index is 0.787. The molecule has 0 spiro atoms. The van der Waals surface area contributed by atoms with Gasteiger partial charge in [0.05, 0.1) is 16.7 Å². The molecule has 130 valence electrons. The summed E-state index contributed by atoms with van der Waals surface area (Å²) in [5, 5.41) is 0. The van der Waals surface area contributed by atoms with E-state index in [4.69, 9.17) is 9.97 Å². The summed E-state index contributed by atoms with van der Waals surface area (Å²) in [5.41, 5.74) is 7.11. The van der Waals surface area contributed by atoms with Crippen molar-refractivity contribution in [3.05, 3.63) is 47.4 Å². The van der Waals surface area contributed by atoms with Crippen molar-refractivity contribution >= 4 is 11.0 Å². The van der Waals surface area contributed by atoms with Crippen LogP contribution in [-0.2, 0) is 6.54 Å². The maximum absolute atomic E-state index is 4.85. The summed E-state index contributed by atoms with van der Waals surface area (Å²) in [6.07, 6.45) is 9.15. The first kappa shape index (κ1) is 16.3. The van der Waals surface area contributed by atoms with Gasteiger partial charge in [0, 0.05) is 18.3 Å². The molecule has 25 heavy (non-hydrogen) atoms. The smallest absolute Gasteiger partial charge is 0.126 e. The molecule has 0 aliphatic heterocycles. The van der Waals surface area contributed by atoms with Crippen molar-refractivity contribution in [1.29, 1.82) is 0 Å². The molecule has 3 nitrogen and oxygen atoms in total. The Balaban J connectivity index is 1.86. The third-order valence-electron chi connectivity index (χ3n) is 5.48. The fourth-order valence-electron chi connectivity index (χ4n) is 4.26. The Kier molecular flexibility index (Phi) is 4.32.